The van der Waals surface area contributed by atoms with Gasteiger partial charge >= 0.3 is 0 Å². The molecule has 0 saturated heterocycles. The lowest BCUT2D eigenvalue weighted by atomic mass is 10.0. The van der Waals surface area contributed by atoms with Crippen LogP contribution in [-0.4, -0.2) is 5.60 Å². The van der Waals surface area contributed by atoms with Gasteiger partial charge in [0.1, 0.15) is 0 Å². The summed E-state index contributed by atoms with van der Waals surface area (Å²) in [5.74, 6) is 0. The maximum absolute atomic E-state index is 5.85. The van der Waals surface area contributed by atoms with Crippen LogP contribution < -0.4 is 0 Å². The largest absolute Gasteiger partial charge is 0.371 e. The van der Waals surface area contributed by atoms with E-state index in [1.807, 2.05) is 0 Å². The SMILES string of the molecule is Cc1ccc2c(COC(C)(C)C)cccc2c1. The van der Waals surface area contributed by atoms with Crippen LogP contribution in [0.2, 0.25) is 0 Å². The van der Waals surface area contributed by atoms with Gasteiger partial charge in [-0.3, -0.25) is 0 Å². The lowest BCUT2D eigenvalue weighted by Gasteiger charge is -2.20. The summed E-state index contributed by atoms with van der Waals surface area (Å²) in [7, 11) is 0. The standard InChI is InChI=1S/C16H20O/c1-12-8-9-15-13(10-12)6-5-7-14(15)11-17-16(2,3)4/h5-10H,11H2,1-4H3. The van der Waals surface area contributed by atoms with Crippen molar-refractivity contribution in [3.8, 4) is 0 Å². The monoisotopic (exact) mass is 228 g/mol. The fourth-order valence-electron chi connectivity index (χ4n) is 1.89. The third-order valence-corrected chi connectivity index (χ3v) is 2.79. The number of hydrogen-bond donors (Lipinski definition) is 0. The Bertz CT molecular complexity index is 521. The molecule has 0 heterocycles. The third kappa shape index (κ3) is 3.07. The van der Waals surface area contributed by atoms with E-state index in [1.54, 1.807) is 0 Å². The van der Waals surface area contributed by atoms with Crippen molar-refractivity contribution >= 4 is 10.8 Å². The summed E-state index contributed by atoms with van der Waals surface area (Å²) >= 11 is 0. The Morgan fingerprint density at radius 3 is 2.53 bits per heavy atom. The van der Waals surface area contributed by atoms with Crippen molar-refractivity contribution in [3.63, 3.8) is 0 Å². The molecule has 0 amide bonds. The second-order valence-electron chi connectivity index (χ2n) is 5.54. The van der Waals surface area contributed by atoms with Gasteiger partial charge in [-0.2, -0.15) is 0 Å². The molecule has 1 nitrogen and oxygen atoms in total. The molecule has 0 N–H and O–H groups in total. The molecule has 0 unspecified atom stereocenters. The minimum atomic E-state index is -0.0904. The molecule has 17 heavy (non-hydrogen) atoms. The summed E-state index contributed by atoms with van der Waals surface area (Å²) in [6.07, 6.45) is 0. The maximum atomic E-state index is 5.85. The molecule has 0 atom stereocenters. The summed E-state index contributed by atoms with van der Waals surface area (Å²) in [5, 5.41) is 2.59. The molecule has 0 spiro atoms. The van der Waals surface area contributed by atoms with Gasteiger partial charge in [0, 0.05) is 0 Å². The fraction of sp³-hybridized carbons (Fsp3) is 0.375. The fourth-order valence-corrected chi connectivity index (χ4v) is 1.89. The highest BCUT2D eigenvalue weighted by molar-refractivity contribution is 5.86. The number of ether oxygens (including phenoxy) is 1. The van der Waals surface area contributed by atoms with E-state index >= 15 is 0 Å². The molecule has 2 aromatic carbocycles. The van der Waals surface area contributed by atoms with Gasteiger partial charge in [-0.05, 0) is 44.0 Å². The third-order valence-electron chi connectivity index (χ3n) is 2.79. The lowest BCUT2D eigenvalue weighted by Crippen LogP contribution is -2.18. The molecular weight excluding hydrogens is 208 g/mol. The predicted molar refractivity (Wildman–Crippen MR) is 73.2 cm³/mol. The van der Waals surface area contributed by atoms with Gasteiger partial charge < -0.3 is 4.74 Å². The van der Waals surface area contributed by atoms with Crippen molar-refractivity contribution in [2.45, 2.75) is 39.9 Å². The van der Waals surface area contributed by atoms with Crippen LogP contribution in [0.4, 0.5) is 0 Å². The quantitative estimate of drug-likeness (QED) is 0.737. The minimum absolute atomic E-state index is 0.0904. The van der Waals surface area contributed by atoms with Crippen molar-refractivity contribution in [2.75, 3.05) is 0 Å². The van der Waals surface area contributed by atoms with Gasteiger partial charge in [0.05, 0.1) is 12.2 Å². The highest BCUT2D eigenvalue weighted by Crippen LogP contribution is 2.22. The van der Waals surface area contributed by atoms with E-state index in [2.05, 4.69) is 64.1 Å². The van der Waals surface area contributed by atoms with E-state index in [0.717, 1.165) is 0 Å². The average molecular weight is 228 g/mol. The van der Waals surface area contributed by atoms with E-state index in [0.29, 0.717) is 6.61 Å². The topological polar surface area (TPSA) is 9.23 Å². The van der Waals surface area contributed by atoms with Gasteiger partial charge in [-0.15, -0.1) is 0 Å². The predicted octanol–water partition coefficient (Wildman–Crippen LogP) is 4.46. The average Bonchev–Trinajstić information content (AvgIpc) is 2.24. The van der Waals surface area contributed by atoms with Crippen LogP contribution in [0.3, 0.4) is 0 Å². The molecule has 0 radical (unpaired) electrons. The summed E-state index contributed by atoms with van der Waals surface area (Å²) in [4.78, 5) is 0. The van der Waals surface area contributed by atoms with Gasteiger partial charge in [0.15, 0.2) is 0 Å². The van der Waals surface area contributed by atoms with E-state index in [9.17, 15) is 0 Å². The highest BCUT2D eigenvalue weighted by Gasteiger charge is 2.11. The Morgan fingerprint density at radius 1 is 1.06 bits per heavy atom. The smallest absolute Gasteiger partial charge is 0.0730 e. The summed E-state index contributed by atoms with van der Waals surface area (Å²) < 4.78 is 5.85. The zero-order valence-corrected chi connectivity index (χ0v) is 11.1. The summed E-state index contributed by atoms with van der Waals surface area (Å²) in [5.41, 5.74) is 2.47. The zero-order chi connectivity index (χ0) is 12.5. The number of rotatable bonds is 2. The second-order valence-corrected chi connectivity index (χ2v) is 5.54. The van der Waals surface area contributed by atoms with Crippen molar-refractivity contribution in [3.05, 3.63) is 47.5 Å². The van der Waals surface area contributed by atoms with Gasteiger partial charge in [-0.25, -0.2) is 0 Å². The molecule has 0 saturated carbocycles. The van der Waals surface area contributed by atoms with Crippen molar-refractivity contribution in [1.82, 2.24) is 0 Å². The Kier molecular flexibility index (Phi) is 3.21. The van der Waals surface area contributed by atoms with Crippen LogP contribution in [-0.2, 0) is 11.3 Å². The first-order valence-corrected chi connectivity index (χ1v) is 6.08. The molecule has 0 aliphatic rings. The molecular formula is C16H20O. The summed E-state index contributed by atoms with van der Waals surface area (Å²) in [6, 6.07) is 13.0. The van der Waals surface area contributed by atoms with Crippen LogP contribution in [0.5, 0.6) is 0 Å². The van der Waals surface area contributed by atoms with Gasteiger partial charge in [0.2, 0.25) is 0 Å². The van der Waals surface area contributed by atoms with Crippen molar-refractivity contribution < 1.29 is 4.74 Å². The van der Waals surface area contributed by atoms with Crippen LogP contribution >= 0.6 is 0 Å². The maximum Gasteiger partial charge on any atom is 0.0730 e. The summed E-state index contributed by atoms with van der Waals surface area (Å²) in [6.45, 7) is 9.05. The first-order chi connectivity index (χ1) is 7.96. The first-order valence-electron chi connectivity index (χ1n) is 6.08. The molecule has 0 fully saturated rings. The molecule has 2 rings (SSSR count). The number of aryl methyl sites for hydroxylation is 1. The van der Waals surface area contributed by atoms with Crippen LogP contribution in [0, 0.1) is 6.92 Å². The van der Waals surface area contributed by atoms with Crippen LogP contribution in [0.1, 0.15) is 31.9 Å². The number of benzene rings is 2. The van der Waals surface area contributed by atoms with E-state index in [-0.39, 0.29) is 5.60 Å². The Balaban J connectivity index is 2.34. The van der Waals surface area contributed by atoms with E-state index < -0.39 is 0 Å². The number of fused-ring (bicyclic) bond motifs is 1. The first kappa shape index (κ1) is 12.1. The molecule has 1 heteroatoms. The van der Waals surface area contributed by atoms with Crippen LogP contribution in [0.25, 0.3) is 10.8 Å². The molecule has 0 aliphatic heterocycles. The lowest BCUT2D eigenvalue weighted by molar-refractivity contribution is -0.0144. The molecule has 90 valence electrons. The zero-order valence-electron chi connectivity index (χ0n) is 11.1. The van der Waals surface area contributed by atoms with Crippen molar-refractivity contribution in [2.24, 2.45) is 0 Å². The molecule has 0 bridgehead atoms. The Labute approximate surface area is 103 Å². The van der Waals surface area contributed by atoms with Gasteiger partial charge in [-0.1, -0.05) is 42.0 Å². The Hall–Kier alpha value is -1.34. The van der Waals surface area contributed by atoms with E-state index in [1.165, 1.54) is 21.9 Å². The second kappa shape index (κ2) is 4.50. The van der Waals surface area contributed by atoms with Gasteiger partial charge in [0.25, 0.3) is 0 Å². The van der Waals surface area contributed by atoms with E-state index in [4.69, 9.17) is 4.74 Å². The van der Waals surface area contributed by atoms with Crippen molar-refractivity contribution in [1.29, 1.82) is 0 Å². The Morgan fingerprint density at radius 2 is 1.82 bits per heavy atom. The number of hydrogen-bond acceptors (Lipinski definition) is 1. The van der Waals surface area contributed by atoms with Crippen LogP contribution in [0.15, 0.2) is 36.4 Å². The molecule has 2 aromatic rings. The molecule has 0 aromatic heterocycles. The minimum Gasteiger partial charge on any atom is -0.371 e. The normalized spacial score (nSPS) is 12.0. The highest BCUT2D eigenvalue weighted by atomic mass is 16.5. The molecule has 0 aliphatic carbocycles.